The molecule has 0 unspecified atom stereocenters. The van der Waals surface area contributed by atoms with Crippen LogP contribution in [0.4, 0.5) is 11.4 Å². The van der Waals surface area contributed by atoms with Gasteiger partial charge in [0.15, 0.2) is 0 Å². The summed E-state index contributed by atoms with van der Waals surface area (Å²) in [7, 11) is 0. The highest BCUT2D eigenvalue weighted by Crippen LogP contribution is 2.31. The largest absolute Gasteiger partial charge is 0.355 e. The van der Waals surface area contributed by atoms with Crippen molar-refractivity contribution in [3.05, 3.63) is 64.3 Å². The quantitative estimate of drug-likeness (QED) is 0.670. The lowest BCUT2D eigenvalue weighted by molar-refractivity contribution is 1.31. The molecule has 0 aliphatic rings. The fourth-order valence-corrected chi connectivity index (χ4v) is 2.63. The zero-order valence-corrected chi connectivity index (χ0v) is 13.1. The summed E-state index contributed by atoms with van der Waals surface area (Å²) in [5, 5.41) is 5.37. The van der Waals surface area contributed by atoms with E-state index in [1.54, 1.807) is 0 Å². The molecule has 0 atom stereocenters. The SMILES string of the molecule is Cc1ccc2c(Nc3cccc(Cl)c3C)ccnc2c1C. The van der Waals surface area contributed by atoms with Crippen molar-refractivity contribution in [3.63, 3.8) is 0 Å². The first-order valence-corrected chi connectivity index (χ1v) is 7.33. The minimum atomic E-state index is 0.769. The number of nitrogens with one attached hydrogen (secondary N) is 1. The van der Waals surface area contributed by atoms with E-state index in [-0.39, 0.29) is 0 Å². The Morgan fingerprint density at radius 1 is 0.905 bits per heavy atom. The number of benzene rings is 2. The van der Waals surface area contributed by atoms with E-state index in [2.05, 4.69) is 36.3 Å². The van der Waals surface area contributed by atoms with Crippen LogP contribution in [0.2, 0.25) is 5.02 Å². The van der Waals surface area contributed by atoms with Gasteiger partial charge in [0, 0.05) is 28.0 Å². The van der Waals surface area contributed by atoms with Gasteiger partial charge in [-0.25, -0.2) is 0 Å². The van der Waals surface area contributed by atoms with Crippen LogP contribution in [0, 0.1) is 20.8 Å². The molecule has 0 aliphatic carbocycles. The number of nitrogens with zero attached hydrogens (tertiary/aromatic N) is 1. The van der Waals surface area contributed by atoms with Crippen molar-refractivity contribution < 1.29 is 0 Å². The zero-order valence-electron chi connectivity index (χ0n) is 12.4. The molecule has 1 N–H and O–H groups in total. The monoisotopic (exact) mass is 296 g/mol. The van der Waals surface area contributed by atoms with E-state index >= 15 is 0 Å². The van der Waals surface area contributed by atoms with Gasteiger partial charge >= 0.3 is 0 Å². The topological polar surface area (TPSA) is 24.9 Å². The molecule has 0 saturated carbocycles. The average Bonchev–Trinajstić information content (AvgIpc) is 2.48. The summed E-state index contributed by atoms with van der Waals surface area (Å²) < 4.78 is 0. The van der Waals surface area contributed by atoms with E-state index in [1.165, 1.54) is 11.1 Å². The highest BCUT2D eigenvalue weighted by atomic mass is 35.5. The van der Waals surface area contributed by atoms with Crippen molar-refractivity contribution in [2.24, 2.45) is 0 Å². The lowest BCUT2D eigenvalue weighted by Gasteiger charge is -2.14. The van der Waals surface area contributed by atoms with E-state index in [0.717, 1.165) is 32.9 Å². The second kappa shape index (κ2) is 5.38. The van der Waals surface area contributed by atoms with Crippen LogP contribution in [0.15, 0.2) is 42.6 Å². The smallest absolute Gasteiger partial charge is 0.0754 e. The van der Waals surface area contributed by atoms with Crippen molar-refractivity contribution in [3.8, 4) is 0 Å². The van der Waals surface area contributed by atoms with E-state index in [1.807, 2.05) is 37.4 Å². The number of fused-ring (bicyclic) bond motifs is 1. The van der Waals surface area contributed by atoms with Gasteiger partial charge in [0.25, 0.3) is 0 Å². The summed E-state index contributed by atoms with van der Waals surface area (Å²) >= 11 is 6.19. The van der Waals surface area contributed by atoms with Crippen LogP contribution < -0.4 is 5.32 Å². The highest BCUT2D eigenvalue weighted by molar-refractivity contribution is 6.31. The number of halogens is 1. The molecule has 0 spiro atoms. The molecule has 0 amide bonds. The molecule has 2 nitrogen and oxygen atoms in total. The predicted molar refractivity (Wildman–Crippen MR) is 90.7 cm³/mol. The number of pyridine rings is 1. The maximum absolute atomic E-state index is 6.19. The Hall–Kier alpha value is -2.06. The molecular weight excluding hydrogens is 280 g/mol. The summed E-state index contributed by atoms with van der Waals surface area (Å²) in [6, 6.07) is 12.1. The Morgan fingerprint density at radius 3 is 2.52 bits per heavy atom. The lowest BCUT2D eigenvalue weighted by atomic mass is 10.0. The number of rotatable bonds is 2. The van der Waals surface area contributed by atoms with Gasteiger partial charge in [-0.1, -0.05) is 29.8 Å². The molecule has 1 aromatic heterocycles. The highest BCUT2D eigenvalue weighted by Gasteiger charge is 2.08. The van der Waals surface area contributed by atoms with E-state index in [4.69, 9.17) is 11.6 Å². The van der Waals surface area contributed by atoms with Crippen LogP contribution in [0.25, 0.3) is 10.9 Å². The number of aryl methyl sites for hydroxylation is 2. The maximum Gasteiger partial charge on any atom is 0.0754 e. The molecule has 0 radical (unpaired) electrons. The third kappa shape index (κ3) is 2.47. The zero-order chi connectivity index (χ0) is 15.0. The minimum absolute atomic E-state index is 0.769. The van der Waals surface area contributed by atoms with Crippen LogP contribution in [0.5, 0.6) is 0 Å². The molecule has 106 valence electrons. The third-order valence-corrected chi connectivity index (χ3v) is 4.38. The Morgan fingerprint density at radius 2 is 1.71 bits per heavy atom. The fraction of sp³-hybridized carbons (Fsp3) is 0.167. The maximum atomic E-state index is 6.19. The molecule has 1 heterocycles. The Bertz CT molecular complexity index is 825. The summed E-state index contributed by atoms with van der Waals surface area (Å²) in [5.74, 6) is 0. The van der Waals surface area contributed by atoms with Crippen LogP contribution in [0.1, 0.15) is 16.7 Å². The molecule has 0 bridgehead atoms. The van der Waals surface area contributed by atoms with Gasteiger partial charge in [-0.15, -0.1) is 0 Å². The molecular formula is C18H17ClN2. The second-order valence-electron chi connectivity index (χ2n) is 5.30. The molecule has 3 aromatic rings. The Balaban J connectivity index is 2.13. The van der Waals surface area contributed by atoms with Gasteiger partial charge < -0.3 is 5.32 Å². The van der Waals surface area contributed by atoms with Crippen LogP contribution in [0.3, 0.4) is 0 Å². The van der Waals surface area contributed by atoms with Gasteiger partial charge in [0.05, 0.1) is 5.52 Å². The first kappa shape index (κ1) is 13.9. The van der Waals surface area contributed by atoms with Crippen molar-refractivity contribution in [1.29, 1.82) is 0 Å². The van der Waals surface area contributed by atoms with Crippen molar-refractivity contribution in [2.45, 2.75) is 20.8 Å². The summed E-state index contributed by atoms with van der Waals surface area (Å²) in [4.78, 5) is 4.52. The minimum Gasteiger partial charge on any atom is -0.355 e. The number of anilines is 2. The number of hydrogen-bond donors (Lipinski definition) is 1. The average molecular weight is 297 g/mol. The first-order chi connectivity index (χ1) is 10.1. The molecule has 3 heteroatoms. The molecule has 0 fully saturated rings. The Kier molecular flexibility index (Phi) is 3.56. The van der Waals surface area contributed by atoms with Crippen LogP contribution >= 0.6 is 11.6 Å². The molecule has 21 heavy (non-hydrogen) atoms. The van der Waals surface area contributed by atoms with Crippen molar-refractivity contribution in [2.75, 3.05) is 5.32 Å². The van der Waals surface area contributed by atoms with Gasteiger partial charge in [-0.3, -0.25) is 4.98 Å². The Labute approximate surface area is 129 Å². The van der Waals surface area contributed by atoms with Gasteiger partial charge in [0.2, 0.25) is 0 Å². The summed E-state index contributed by atoms with van der Waals surface area (Å²) in [6.45, 7) is 6.24. The summed E-state index contributed by atoms with van der Waals surface area (Å²) in [5.41, 5.74) is 6.64. The molecule has 3 rings (SSSR count). The molecule has 0 aliphatic heterocycles. The summed E-state index contributed by atoms with van der Waals surface area (Å²) in [6.07, 6.45) is 1.84. The normalized spacial score (nSPS) is 10.9. The molecule has 0 saturated heterocycles. The number of aromatic nitrogens is 1. The van der Waals surface area contributed by atoms with Crippen LogP contribution in [-0.2, 0) is 0 Å². The van der Waals surface area contributed by atoms with E-state index in [0.29, 0.717) is 0 Å². The van der Waals surface area contributed by atoms with Crippen LogP contribution in [-0.4, -0.2) is 4.98 Å². The van der Waals surface area contributed by atoms with Gasteiger partial charge in [0.1, 0.15) is 0 Å². The van der Waals surface area contributed by atoms with Crippen molar-refractivity contribution in [1.82, 2.24) is 4.98 Å². The van der Waals surface area contributed by atoms with Crippen molar-refractivity contribution >= 4 is 33.9 Å². The third-order valence-electron chi connectivity index (χ3n) is 3.97. The molecule has 2 aromatic carbocycles. The van der Waals surface area contributed by atoms with Gasteiger partial charge in [-0.05, 0) is 55.7 Å². The predicted octanol–water partition coefficient (Wildman–Crippen LogP) is 5.56. The van der Waals surface area contributed by atoms with Gasteiger partial charge in [-0.2, -0.15) is 0 Å². The van der Waals surface area contributed by atoms with E-state index in [9.17, 15) is 0 Å². The fourth-order valence-electron chi connectivity index (χ4n) is 2.46. The van der Waals surface area contributed by atoms with E-state index < -0.39 is 0 Å². The number of hydrogen-bond acceptors (Lipinski definition) is 2. The first-order valence-electron chi connectivity index (χ1n) is 6.95. The lowest BCUT2D eigenvalue weighted by Crippen LogP contribution is -1.96. The standard InChI is InChI=1S/C18H17ClN2/c1-11-7-8-14-17(9-10-20-18(14)12(11)2)21-16-6-4-5-15(19)13(16)3/h4-10H,1-3H3,(H,20,21). The second-order valence-corrected chi connectivity index (χ2v) is 5.71.